The van der Waals surface area contributed by atoms with E-state index in [4.69, 9.17) is 4.74 Å². The van der Waals surface area contributed by atoms with Gasteiger partial charge in [-0.05, 0) is 49.0 Å². The molecule has 1 amide bonds. The molecule has 4 rings (SSSR count). The lowest BCUT2D eigenvalue weighted by atomic mass is 10.1. The first-order valence-electron chi connectivity index (χ1n) is 9.19. The Balaban J connectivity index is 1.40. The van der Waals surface area contributed by atoms with Gasteiger partial charge in [0.2, 0.25) is 0 Å². The fraction of sp³-hybridized carbons (Fsp3) is 0.300. The smallest absolute Gasteiger partial charge is 0.257 e. The molecule has 0 unspecified atom stereocenters. The van der Waals surface area contributed by atoms with Crippen molar-refractivity contribution in [3.8, 4) is 5.75 Å². The molecule has 0 aliphatic carbocycles. The summed E-state index contributed by atoms with van der Waals surface area (Å²) < 4.78 is 33.0. The number of hydrogen-bond donors (Lipinski definition) is 0. The largest absolute Gasteiger partial charge is 0.492 e. The Kier molecular flexibility index (Phi) is 5.26. The van der Waals surface area contributed by atoms with E-state index in [1.54, 1.807) is 24.1 Å². The number of aryl methyl sites for hydroxylation is 1. The van der Waals surface area contributed by atoms with E-state index in [9.17, 15) is 13.2 Å². The van der Waals surface area contributed by atoms with E-state index in [-0.39, 0.29) is 11.7 Å². The van der Waals surface area contributed by atoms with Crippen LogP contribution in [0.3, 0.4) is 0 Å². The van der Waals surface area contributed by atoms with E-state index in [1.165, 1.54) is 17.3 Å². The van der Waals surface area contributed by atoms with E-state index in [0.29, 0.717) is 30.4 Å². The number of ether oxygens (including phenoxy) is 1. The molecule has 9 heteroatoms. The number of thioether (sulfide) groups is 1. The van der Waals surface area contributed by atoms with Crippen LogP contribution < -0.4 is 9.64 Å². The molecule has 2 aromatic rings. The van der Waals surface area contributed by atoms with Crippen molar-refractivity contribution in [3.63, 3.8) is 0 Å². The molecule has 0 fully saturated rings. The third kappa shape index (κ3) is 4.25. The van der Waals surface area contributed by atoms with Gasteiger partial charge in [-0.2, -0.15) is 0 Å². The number of carbonyl (C=O) groups is 1. The number of anilines is 1. The highest BCUT2D eigenvalue weighted by atomic mass is 32.2. The summed E-state index contributed by atoms with van der Waals surface area (Å²) >= 11 is 1.28. The lowest BCUT2D eigenvalue weighted by molar-refractivity contribution is 0.0773. The average molecular weight is 432 g/mol. The Morgan fingerprint density at radius 1 is 1.24 bits per heavy atom. The predicted octanol–water partition coefficient (Wildman–Crippen LogP) is 2.76. The number of benzene rings is 2. The van der Waals surface area contributed by atoms with Gasteiger partial charge in [0.1, 0.15) is 12.4 Å². The van der Waals surface area contributed by atoms with Crippen molar-refractivity contribution in [2.45, 2.75) is 11.8 Å². The number of sulfonamides is 1. The summed E-state index contributed by atoms with van der Waals surface area (Å²) in [5, 5.41) is 0.454. The molecule has 0 bridgehead atoms. The molecule has 0 atom stereocenters. The highest BCUT2D eigenvalue weighted by Gasteiger charge is 2.33. The second-order valence-corrected chi connectivity index (χ2v) is 9.75. The van der Waals surface area contributed by atoms with E-state index in [1.807, 2.05) is 42.2 Å². The second kappa shape index (κ2) is 7.72. The number of hydrogen-bond acceptors (Lipinski definition) is 6. The van der Waals surface area contributed by atoms with Crippen LogP contribution >= 0.6 is 11.8 Å². The molecule has 152 valence electrons. The number of fused-ring (bicyclic) bond motifs is 3. The van der Waals surface area contributed by atoms with Gasteiger partial charge in [0.05, 0.1) is 18.0 Å². The van der Waals surface area contributed by atoms with Crippen molar-refractivity contribution >= 4 is 38.5 Å². The molecule has 0 N–H and O–H groups in total. The maximum Gasteiger partial charge on any atom is 0.257 e. The van der Waals surface area contributed by atoms with Crippen LogP contribution in [0.4, 0.5) is 5.69 Å². The molecule has 0 radical (unpaired) electrons. The van der Waals surface area contributed by atoms with Gasteiger partial charge < -0.3 is 14.5 Å². The van der Waals surface area contributed by atoms with Gasteiger partial charge in [-0.1, -0.05) is 17.7 Å². The van der Waals surface area contributed by atoms with Gasteiger partial charge in [-0.15, -0.1) is 4.40 Å². The topological polar surface area (TPSA) is 79.3 Å². The Morgan fingerprint density at radius 2 is 2.00 bits per heavy atom. The lowest BCUT2D eigenvalue weighted by Crippen LogP contribution is -2.35. The van der Waals surface area contributed by atoms with Crippen molar-refractivity contribution in [3.05, 3.63) is 53.6 Å². The minimum Gasteiger partial charge on any atom is -0.492 e. The van der Waals surface area contributed by atoms with Gasteiger partial charge in [0.25, 0.3) is 15.9 Å². The second-order valence-electron chi connectivity index (χ2n) is 6.98. The van der Waals surface area contributed by atoms with Gasteiger partial charge in [0, 0.05) is 24.1 Å². The molecular weight excluding hydrogens is 410 g/mol. The molecule has 0 spiro atoms. The van der Waals surface area contributed by atoms with Crippen LogP contribution in [0.5, 0.6) is 5.75 Å². The highest BCUT2D eigenvalue weighted by Crippen LogP contribution is 2.42. The zero-order chi connectivity index (χ0) is 20.6. The van der Waals surface area contributed by atoms with E-state index >= 15 is 0 Å². The molecule has 29 heavy (non-hydrogen) atoms. The quantitative estimate of drug-likeness (QED) is 0.724. The van der Waals surface area contributed by atoms with Crippen molar-refractivity contribution in [1.29, 1.82) is 0 Å². The molecule has 0 aromatic heterocycles. The maximum atomic E-state index is 12.8. The summed E-state index contributed by atoms with van der Waals surface area (Å²) in [6.45, 7) is 3.24. The summed E-state index contributed by atoms with van der Waals surface area (Å²) in [7, 11) is -1.66. The molecule has 0 saturated heterocycles. The first-order valence-corrected chi connectivity index (χ1v) is 11.6. The zero-order valence-electron chi connectivity index (χ0n) is 16.2. The summed E-state index contributed by atoms with van der Waals surface area (Å²) in [6.07, 6.45) is 0. The average Bonchev–Trinajstić information content (AvgIpc) is 3.04. The fourth-order valence-corrected chi connectivity index (χ4v) is 5.42. The number of rotatable bonds is 5. The van der Waals surface area contributed by atoms with E-state index in [0.717, 1.165) is 16.3 Å². The highest BCUT2D eigenvalue weighted by molar-refractivity contribution is 8.15. The van der Waals surface area contributed by atoms with Crippen molar-refractivity contribution in [1.82, 2.24) is 4.90 Å². The van der Waals surface area contributed by atoms with Crippen LogP contribution in [0, 0.1) is 6.92 Å². The summed E-state index contributed by atoms with van der Waals surface area (Å²) in [4.78, 5) is 17.1. The fourth-order valence-electron chi connectivity index (χ4n) is 3.12. The Labute approximate surface area is 174 Å². The minimum atomic E-state index is -3.39. The third-order valence-electron chi connectivity index (χ3n) is 4.78. The molecule has 7 nitrogen and oxygen atoms in total. The summed E-state index contributed by atoms with van der Waals surface area (Å²) in [5.74, 6) is 0.666. The monoisotopic (exact) mass is 431 g/mol. The van der Waals surface area contributed by atoms with Gasteiger partial charge >= 0.3 is 0 Å². The number of amides is 1. The van der Waals surface area contributed by atoms with Crippen molar-refractivity contribution < 1.29 is 17.9 Å². The minimum absolute atomic E-state index is 0.000895. The zero-order valence-corrected chi connectivity index (χ0v) is 17.8. The van der Waals surface area contributed by atoms with E-state index < -0.39 is 10.0 Å². The van der Waals surface area contributed by atoms with Crippen LogP contribution in [-0.4, -0.2) is 56.9 Å². The van der Waals surface area contributed by atoms with Crippen molar-refractivity contribution in [2.24, 2.45) is 4.40 Å². The van der Waals surface area contributed by atoms with Crippen LogP contribution in [0.1, 0.15) is 15.9 Å². The van der Waals surface area contributed by atoms with Crippen LogP contribution in [-0.2, 0) is 10.0 Å². The van der Waals surface area contributed by atoms with Gasteiger partial charge in [-0.3, -0.25) is 4.79 Å². The van der Waals surface area contributed by atoms with Crippen LogP contribution in [0.2, 0.25) is 0 Å². The normalized spacial score (nSPS) is 16.6. The summed E-state index contributed by atoms with van der Waals surface area (Å²) in [6, 6.07) is 13.2. The molecule has 0 saturated carbocycles. The SMILES string of the molecule is Cc1ccc(OCCN(C)C(=O)c2ccc3c(c2)SC2=NS(=O)(=O)CCN23)cc1. The third-order valence-corrected chi connectivity index (χ3v) is 7.09. The Morgan fingerprint density at radius 3 is 2.76 bits per heavy atom. The lowest BCUT2D eigenvalue weighted by Gasteiger charge is -2.22. The van der Waals surface area contributed by atoms with Crippen LogP contribution in [0.15, 0.2) is 51.8 Å². The van der Waals surface area contributed by atoms with Gasteiger partial charge in [-0.25, -0.2) is 8.42 Å². The molecular formula is C20H21N3O4S2. The van der Waals surface area contributed by atoms with E-state index in [2.05, 4.69) is 4.40 Å². The molecule has 2 aromatic carbocycles. The summed E-state index contributed by atoms with van der Waals surface area (Å²) in [5.41, 5.74) is 2.61. The molecule has 2 heterocycles. The predicted molar refractivity (Wildman–Crippen MR) is 115 cm³/mol. The van der Waals surface area contributed by atoms with Gasteiger partial charge in [0.15, 0.2) is 5.17 Å². The standard InChI is InChI=1S/C20H21N3O4S2/c1-14-3-6-16(7-4-14)27-11-9-22(2)19(24)15-5-8-17-18(13-15)28-20-21-29(25,26)12-10-23(17)20/h3-8,13H,9-12H2,1-2H3. The first-order chi connectivity index (χ1) is 13.8. The molecule has 2 aliphatic rings. The maximum absolute atomic E-state index is 12.8. The first kappa shape index (κ1) is 19.8. The number of likely N-dealkylation sites (N-methyl/N-ethyl adjacent to an activating group) is 1. The molecule has 2 aliphatic heterocycles. The Hall–Kier alpha value is -2.52. The number of nitrogens with zero attached hydrogens (tertiary/aromatic N) is 3. The van der Waals surface area contributed by atoms with Crippen LogP contribution in [0.25, 0.3) is 0 Å². The number of carbonyl (C=O) groups excluding carboxylic acids is 1. The van der Waals surface area contributed by atoms with Crippen molar-refractivity contribution in [2.75, 3.05) is 37.4 Å². The number of amidine groups is 1. The Bertz CT molecular complexity index is 1080.